The number of fused-ring (bicyclic) bond motifs is 1. The van der Waals surface area contributed by atoms with Crippen molar-refractivity contribution in [2.45, 2.75) is 37.6 Å². The number of nitrogens with zero attached hydrogens (tertiary/aromatic N) is 5. The Morgan fingerprint density at radius 3 is 2.24 bits per heavy atom. The van der Waals surface area contributed by atoms with Gasteiger partial charge in [-0.05, 0) is 67.3 Å². The molecule has 5 aromatic rings. The number of halogens is 3. The topological polar surface area (TPSA) is 183 Å². The molecule has 0 spiro atoms. The SMILES string of the molecule is COc1ccc(CN(c2nn(C)c3c(-n4c(C(Cc5cc(F)cc(F)c5)NC(=O)O)nc(C#CC(C)(C)S(C)(=O)=O)cc4=O)ccc(Cl)c23)S(C)(=O)=O)cc1. The van der Waals surface area contributed by atoms with Gasteiger partial charge in [-0.1, -0.05) is 29.7 Å². The summed E-state index contributed by atoms with van der Waals surface area (Å²) < 4.78 is 87.0. The average Bonchev–Trinajstić information content (AvgIpc) is 3.42. The Balaban J connectivity index is 1.81. The fourth-order valence-electron chi connectivity index (χ4n) is 5.61. The van der Waals surface area contributed by atoms with Crippen LogP contribution in [0.1, 0.15) is 42.5 Å². The van der Waals surface area contributed by atoms with E-state index in [1.807, 2.05) is 0 Å². The highest BCUT2D eigenvalue weighted by Crippen LogP contribution is 2.38. The molecule has 0 fully saturated rings. The smallest absolute Gasteiger partial charge is 0.405 e. The molecule has 55 heavy (non-hydrogen) atoms. The van der Waals surface area contributed by atoms with Crippen molar-refractivity contribution in [3.8, 4) is 23.3 Å². The van der Waals surface area contributed by atoms with Gasteiger partial charge in [-0.2, -0.15) is 5.10 Å². The van der Waals surface area contributed by atoms with Crippen LogP contribution in [0.2, 0.25) is 5.02 Å². The fraction of sp³-hybridized carbons (Fsp3) is 0.278. The summed E-state index contributed by atoms with van der Waals surface area (Å²) in [6, 6.07) is 11.6. The predicted octanol–water partition coefficient (Wildman–Crippen LogP) is 4.75. The number of anilines is 1. The lowest BCUT2D eigenvalue weighted by Crippen LogP contribution is -2.35. The van der Waals surface area contributed by atoms with E-state index < -0.39 is 60.4 Å². The number of carbonyl (C=O) groups is 1. The van der Waals surface area contributed by atoms with Crippen LogP contribution in [0.3, 0.4) is 0 Å². The summed E-state index contributed by atoms with van der Waals surface area (Å²) in [4.78, 5) is 30.9. The van der Waals surface area contributed by atoms with Gasteiger partial charge in [0.25, 0.3) is 5.56 Å². The Morgan fingerprint density at radius 2 is 1.67 bits per heavy atom. The molecule has 0 saturated carbocycles. The average molecular weight is 817 g/mol. The van der Waals surface area contributed by atoms with E-state index in [1.54, 1.807) is 24.3 Å². The zero-order valence-corrected chi connectivity index (χ0v) is 32.6. The van der Waals surface area contributed by atoms with Crippen LogP contribution >= 0.6 is 11.6 Å². The second-order valence-corrected chi connectivity index (χ2v) is 17.9. The molecule has 1 atom stereocenters. The third-order valence-electron chi connectivity index (χ3n) is 8.60. The normalized spacial score (nSPS) is 12.5. The number of sulfone groups is 1. The Morgan fingerprint density at radius 1 is 1.04 bits per heavy atom. The van der Waals surface area contributed by atoms with E-state index in [0.29, 0.717) is 17.4 Å². The van der Waals surface area contributed by atoms with Gasteiger partial charge >= 0.3 is 6.09 Å². The van der Waals surface area contributed by atoms with Gasteiger partial charge in [0.15, 0.2) is 15.7 Å². The first kappa shape index (κ1) is 40.7. The Kier molecular flexibility index (Phi) is 11.3. The van der Waals surface area contributed by atoms with Crippen LogP contribution in [0.15, 0.2) is 65.5 Å². The number of ether oxygens (including phenoxy) is 1. The molecular formula is C36H35ClF2N6O8S2. The summed E-state index contributed by atoms with van der Waals surface area (Å²) in [6.45, 7) is 2.53. The van der Waals surface area contributed by atoms with Crippen LogP contribution in [-0.2, 0) is 39.9 Å². The Labute approximate surface area is 320 Å². The van der Waals surface area contributed by atoms with E-state index in [2.05, 4.69) is 27.2 Å². The number of hydrogen-bond donors (Lipinski definition) is 2. The Hall–Kier alpha value is -5.51. The first-order valence-electron chi connectivity index (χ1n) is 16.2. The van der Waals surface area contributed by atoms with Gasteiger partial charge in [0.1, 0.15) is 33.6 Å². The monoisotopic (exact) mass is 816 g/mol. The van der Waals surface area contributed by atoms with Gasteiger partial charge in [-0.3, -0.25) is 14.0 Å². The molecule has 5 rings (SSSR count). The maximum atomic E-state index is 14.3. The van der Waals surface area contributed by atoms with E-state index in [1.165, 1.54) is 44.8 Å². The number of carboxylic acid groups (broad SMARTS) is 1. The van der Waals surface area contributed by atoms with E-state index in [9.17, 15) is 40.3 Å². The molecule has 0 aliphatic carbocycles. The van der Waals surface area contributed by atoms with Gasteiger partial charge in [0, 0.05) is 31.9 Å². The number of rotatable bonds is 11. The molecular weight excluding hydrogens is 782 g/mol. The van der Waals surface area contributed by atoms with Crippen LogP contribution in [0.5, 0.6) is 5.75 Å². The van der Waals surface area contributed by atoms with Gasteiger partial charge in [0.2, 0.25) is 10.0 Å². The summed E-state index contributed by atoms with van der Waals surface area (Å²) in [5.41, 5.74) is -0.359. The molecule has 2 N–H and O–H groups in total. The standard InChI is InChI=1S/C36H35ClF2N6O8S2/c1-36(2,54(5,49)50)14-13-25-19-30(46)45(33(40-25)28(41-35(47)48)17-22-15-23(38)18-24(39)16-22)29-12-11-27(37)31-32(29)43(3)42-34(31)44(55(6,51)52)20-21-7-9-26(53-4)10-8-21/h7-12,15-16,18-19,28,41H,17,20H2,1-6H3,(H,47,48). The quantitative estimate of drug-likeness (QED) is 0.177. The zero-order valence-electron chi connectivity index (χ0n) is 30.3. The van der Waals surface area contributed by atoms with Crippen LogP contribution in [0.4, 0.5) is 19.4 Å². The predicted molar refractivity (Wildman–Crippen MR) is 203 cm³/mol. The lowest BCUT2D eigenvalue weighted by molar-refractivity contribution is 0.189. The van der Waals surface area contributed by atoms with Crippen molar-refractivity contribution in [3.63, 3.8) is 0 Å². The molecule has 0 radical (unpaired) electrons. The summed E-state index contributed by atoms with van der Waals surface area (Å²) in [5, 5.41) is 16.8. The number of sulfonamides is 1. The molecule has 0 aliphatic rings. The number of aryl methyl sites for hydroxylation is 1. The minimum atomic E-state index is -4.03. The van der Waals surface area contributed by atoms with Crippen LogP contribution in [0.25, 0.3) is 16.6 Å². The first-order chi connectivity index (χ1) is 25.6. The van der Waals surface area contributed by atoms with E-state index >= 15 is 0 Å². The zero-order chi connectivity index (χ0) is 40.6. The van der Waals surface area contributed by atoms with Gasteiger partial charge < -0.3 is 15.2 Å². The molecule has 2 heterocycles. The highest BCUT2D eigenvalue weighted by atomic mass is 35.5. The minimum Gasteiger partial charge on any atom is -0.497 e. The lowest BCUT2D eigenvalue weighted by Gasteiger charge is -2.22. The third kappa shape index (κ3) is 8.90. The van der Waals surface area contributed by atoms with Crippen LogP contribution < -0.4 is 19.9 Å². The number of benzene rings is 3. The van der Waals surface area contributed by atoms with Crippen molar-refractivity contribution in [1.82, 2.24) is 24.6 Å². The highest BCUT2D eigenvalue weighted by molar-refractivity contribution is 7.92. The fourth-order valence-corrected chi connectivity index (χ4v) is 6.91. The maximum absolute atomic E-state index is 14.3. The van der Waals surface area contributed by atoms with Gasteiger partial charge in [0.05, 0.1) is 47.6 Å². The summed E-state index contributed by atoms with van der Waals surface area (Å²) in [7, 11) is -4.78. The lowest BCUT2D eigenvalue weighted by atomic mass is 10.0. The maximum Gasteiger partial charge on any atom is 0.405 e. The molecule has 2 aromatic heterocycles. The van der Waals surface area contributed by atoms with Crippen molar-refractivity contribution in [2.75, 3.05) is 23.9 Å². The number of nitrogens with one attached hydrogen (secondary N) is 1. The molecule has 0 saturated heterocycles. The number of hydrogen-bond acceptors (Lipinski definition) is 9. The van der Waals surface area contributed by atoms with Gasteiger partial charge in [-0.15, -0.1) is 0 Å². The minimum absolute atomic E-state index is 0.00172. The molecule has 3 aromatic carbocycles. The van der Waals surface area contributed by atoms with Crippen LogP contribution in [0, 0.1) is 23.5 Å². The molecule has 0 bridgehead atoms. The largest absolute Gasteiger partial charge is 0.497 e. The molecule has 1 amide bonds. The van der Waals surface area contributed by atoms with Crippen LogP contribution in [-0.4, -0.2) is 71.7 Å². The van der Waals surface area contributed by atoms with Crippen molar-refractivity contribution in [2.24, 2.45) is 7.05 Å². The van der Waals surface area contributed by atoms with E-state index in [-0.39, 0.29) is 51.1 Å². The van der Waals surface area contributed by atoms with E-state index in [0.717, 1.165) is 39.6 Å². The third-order valence-corrected chi connectivity index (χ3v) is 12.0. The number of amides is 1. The van der Waals surface area contributed by atoms with E-state index in [4.69, 9.17) is 16.3 Å². The number of aromatic nitrogens is 4. The first-order valence-corrected chi connectivity index (χ1v) is 20.3. The molecule has 19 heteroatoms. The molecule has 290 valence electrons. The summed E-state index contributed by atoms with van der Waals surface area (Å²) in [6.07, 6.45) is -0.0252. The summed E-state index contributed by atoms with van der Waals surface area (Å²) in [5.74, 6) is 3.45. The molecule has 14 nitrogen and oxygen atoms in total. The Bertz CT molecular complexity index is 2650. The summed E-state index contributed by atoms with van der Waals surface area (Å²) >= 11 is 6.74. The molecule has 1 unspecified atom stereocenters. The highest BCUT2D eigenvalue weighted by Gasteiger charge is 2.31. The van der Waals surface area contributed by atoms with Crippen molar-refractivity contribution in [1.29, 1.82) is 0 Å². The van der Waals surface area contributed by atoms with Crippen molar-refractivity contribution < 1.29 is 40.3 Å². The number of methoxy groups -OCH3 is 1. The van der Waals surface area contributed by atoms with Crippen molar-refractivity contribution >= 4 is 54.3 Å². The van der Waals surface area contributed by atoms with Gasteiger partial charge in [-0.25, -0.2) is 39.7 Å². The second kappa shape index (κ2) is 15.3. The van der Waals surface area contributed by atoms with Crippen molar-refractivity contribution in [3.05, 3.63) is 110 Å². The molecule has 0 aliphatic heterocycles. The second-order valence-electron chi connectivity index (χ2n) is 13.0.